The van der Waals surface area contributed by atoms with Crippen LogP contribution in [0.2, 0.25) is 5.02 Å². The zero-order chi connectivity index (χ0) is 16.1. The number of aromatic nitrogens is 2. The Hall–Kier alpha value is -2.25. The van der Waals surface area contributed by atoms with E-state index in [4.69, 9.17) is 22.1 Å². The van der Waals surface area contributed by atoms with Crippen molar-refractivity contribution in [1.29, 1.82) is 0 Å². The number of anilines is 1. The van der Waals surface area contributed by atoms with Crippen molar-refractivity contribution in [3.8, 4) is 5.75 Å². The van der Waals surface area contributed by atoms with E-state index >= 15 is 0 Å². The van der Waals surface area contributed by atoms with E-state index in [1.165, 1.54) is 25.6 Å². The van der Waals surface area contributed by atoms with Gasteiger partial charge in [-0.3, -0.25) is 4.79 Å². The molecule has 1 atom stereocenters. The number of nitrogens with two attached hydrogens (primary N) is 1. The molecule has 118 valence electrons. The molecular formula is C14H17ClN4O3. The number of benzene rings is 1. The summed E-state index contributed by atoms with van der Waals surface area (Å²) in [6, 6.07) is 2.46. The summed E-state index contributed by atoms with van der Waals surface area (Å²) in [5, 5.41) is 12.4. The summed E-state index contributed by atoms with van der Waals surface area (Å²) in [6.07, 6.45) is 3.59. The smallest absolute Gasteiger partial charge is 0.255 e. The van der Waals surface area contributed by atoms with Crippen molar-refractivity contribution < 1.29 is 14.6 Å². The van der Waals surface area contributed by atoms with Gasteiger partial charge in [-0.2, -0.15) is 0 Å². The van der Waals surface area contributed by atoms with Gasteiger partial charge in [0.1, 0.15) is 5.75 Å². The number of aromatic amines is 1. The molecule has 0 saturated heterocycles. The fourth-order valence-electron chi connectivity index (χ4n) is 2.00. The second-order valence-corrected chi connectivity index (χ2v) is 5.12. The van der Waals surface area contributed by atoms with Crippen molar-refractivity contribution >= 4 is 23.2 Å². The quantitative estimate of drug-likeness (QED) is 0.592. The monoisotopic (exact) mass is 324 g/mol. The van der Waals surface area contributed by atoms with Crippen molar-refractivity contribution in [2.75, 3.05) is 19.5 Å². The van der Waals surface area contributed by atoms with Gasteiger partial charge in [-0.05, 0) is 6.07 Å². The summed E-state index contributed by atoms with van der Waals surface area (Å²) in [6.45, 7) is -0.213. The van der Waals surface area contributed by atoms with Gasteiger partial charge in [0.25, 0.3) is 5.91 Å². The van der Waals surface area contributed by atoms with Crippen molar-refractivity contribution in [3.05, 3.63) is 40.9 Å². The number of carbonyl (C=O) groups excluding carboxylic acids is 1. The number of nitrogen functional groups attached to an aromatic ring is 1. The van der Waals surface area contributed by atoms with Gasteiger partial charge in [-0.25, -0.2) is 4.98 Å². The molecule has 0 fully saturated rings. The number of aliphatic hydroxyl groups is 1. The van der Waals surface area contributed by atoms with Gasteiger partial charge >= 0.3 is 0 Å². The van der Waals surface area contributed by atoms with E-state index in [0.29, 0.717) is 17.9 Å². The van der Waals surface area contributed by atoms with Crippen LogP contribution in [0, 0.1) is 0 Å². The number of methoxy groups -OCH3 is 1. The normalized spacial score (nSPS) is 12.0. The number of hydrogen-bond acceptors (Lipinski definition) is 5. The van der Waals surface area contributed by atoms with Crippen LogP contribution in [0.4, 0.5) is 5.69 Å². The minimum atomic E-state index is -0.464. The minimum absolute atomic E-state index is 0.213. The number of imidazole rings is 1. The van der Waals surface area contributed by atoms with E-state index in [9.17, 15) is 9.90 Å². The minimum Gasteiger partial charge on any atom is -0.496 e. The van der Waals surface area contributed by atoms with Crippen molar-refractivity contribution in [2.45, 2.75) is 12.5 Å². The fourth-order valence-corrected chi connectivity index (χ4v) is 2.17. The Labute approximate surface area is 132 Å². The summed E-state index contributed by atoms with van der Waals surface area (Å²) in [7, 11) is 1.44. The van der Waals surface area contributed by atoms with E-state index in [1.807, 2.05) is 0 Å². The molecule has 1 aromatic carbocycles. The molecule has 0 radical (unpaired) electrons. The molecule has 1 amide bonds. The Morgan fingerprint density at radius 3 is 2.95 bits per heavy atom. The van der Waals surface area contributed by atoms with Gasteiger partial charge in [0, 0.05) is 24.4 Å². The number of amides is 1. The van der Waals surface area contributed by atoms with Crippen LogP contribution in [-0.4, -0.2) is 40.7 Å². The zero-order valence-corrected chi connectivity index (χ0v) is 12.7. The molecule has 1 aromatic heterocycles. The van der Waals surface area contributed by atoms with Crippen molar-refractivity contribution in [2.24, 2.45) is 0 Å². The Bertz CT molecular complexity index is 646. The third kappa shape index (κ3) is 3.69. The van der Waals surface area contributed by atoms with E-state index in [0.717, 1.165) is 5.69 Å². The average Bonchev–Trinajstić information content (AvgIpc) is 3.01. The summed E-state index contributed by atoms with van der Waals surface area (Å²) in [5.41, 5.74) is 7.07. The fraction of sp³-hybridized carbons (Fsp3) is 0.286. The Morgan fingerprint density at radius 1 is 1.59 bits per heavy atom. The highest BCUT2D eigenvalue weighted by Gasteiger charge is 2.19. The molecular weight excluding hydrogens is 308 g/mol. The standard InChI is InChI=1S/C14H17ClN4O3/c1-22-13-4-12(16)11(15)3-10(13)14(21)19-9(6-20)2-8-5-17-7-18-8/h3-5,7,9,20H,2,6,16H2,1H3,(H,17,18)(H,19,21). The summed E-state index contributed by atoms with van der Waals surface area (Å²) in [4.78, 5) is 19.2. The second kappa shape index (κ2) is 7.15. The summed E-state index contributed by atoms with van der Waals surface area (Å²) in [5.74, 6) is -0.0880. The third-order valence-electron chi connectivity index (χ3n) is 3.14. The maximum absolute atomic E-state index is 12.4. The lowest BCUT2D eigenvalue weighted by molar-refractivity contribution is 0.0913. The van der Waals surface area contributed by atoms with Gasteiger partial charge < -0.3 is 25.9 Å². The van der Waals surface area contributed by atoms with Crippen LogP contribution in [0.1, 0.15) is 16.1 Å². The first-order valence-electron chi connectivity index (χ1n) is 6.57. The van der Waals surface area contributed by atoms with E-state index in [-0.39, 0.29) is 17.2 Å². The van der Waals surface area contributed by atoms with Crippen LogP contribution in [0.5, 0.6) is 5.75 Å². The number of aliphatic hydroxyl groups excluding tert-OH is 1. The maximum Gasteiger partial charge on any atom is 0.255 e. The predicted molar refractivity (Wildman–Crippen MR) is 83.0 cm³/mol. The van der Waals surface area contributed by atoms with Crippen LogP contribution in [0.15, 0.2) is 24.7 Å². The number of H-pyrrole nitrogens is 1. The second-order valence-electron chi connectivity index (χ2n) is 4.71. The third-order valence-corrected chi connectivity index (χ3v) is 3.47. The number of rotatable bonds is 6. The molecule has 5 N–H and O–H groups in total. The molecule has 1 heterocycles. The molecule has 7 nitrogen and oxygen atoms in total. The van der Waals surface area contributed by atoms with Gasteiger partial charge in [-0.1, -0.05) is 11.6 Å². The lowest BCUT2D eigenvalue weighted by atomic mass is 10.1. The van der Waals surface area contributed by atoms with Gasteiger partial charge in [-0.15, -0.1) is 0 Å². The van der Waals surface area contributed by atoms with E-state index in [1.54, 1.807) is 6.20 Å². The molecule has 22 heavy (non-hydrogen) atoms. The lowest BCUT2D eigenvalue weighted by Gasteiger charge is -2.17. The first-order chi connectivity index (χ1) is 10.5. The van der Waals surface area contributed by atoms with Crippen LogP contribution < -0.4 is 15.8 Å². The summed E-state index contributed by atoms with van der Waals surface area (Å²) >= 11 is 5.95. The van der Waals surface area contributed by atoms with Crippen LogP contribution in [0.3, 0.4) is 0 Å². The van der Waals surface area contributed by atoms with Crippen LogP contribution >= 0.6 is 11.6 Å². The summed E-state index contributed by atoms with van der Waals surface area (Å²) < 4.78 is 5.15. The molecule has 0 aliphatic rings. The Kier molecular flexibility index (Phi) is 5.24. The molecule has 0 aliphatic carbocycles. The first-order valence-corrected chi connectivity index (χ1v) is 6.95. The number of halogens is 1. The maximum atomic E-state index is 12.4. The van der Waals surface area contributed by atoms with Crippen LogP contribution in [-0.2, 0) is 6.42 Å². The number of hydrogen-bond donors (Lipinski definition) is 4. The van der Waals surface area contributed by atoms with Gasteiger partial charge in [0.05, 0.1) is 42.4 Å². The molecule has 0 bridgehead atoms. The Morgan fingerprint density at radius 2 is 2.36 bits per heavy atom. The van der Waals surface area contributed by atoms with Crippen molar-refractivity contribution in [1.82, 2.24) is 15.3 Å². The van der Waals surface area contributed by atoms with Gasteiger partial charge in [0.15, 0.2) is 0 Å². The molecule has 0 aliphatic heterocycles. The molecule has 1 unspecified atom stereocenters. The SMILES string of the molecule is COc1cc(N)c(Cl)cc1C(=O)NC(CO)Cc1cnc[nH]1. The van der Waals surface area contributed by atoms with Gasteiger partial charge in [0.2, 0.25) is 0 Å². The zero-order valence-electron chi connectivity index (χ0n) is 12.0. The largest absolute Gasteiger partial charge is 0.496 e. The Balaban J connectivity index is 2.15. The lowest BCUT2D eigenvalue weighted by Crippen LogP contribution is -2.39. The molecule has 0 saturated carbocycles. The molecule has 2 aromatic rings. The molecule has 8 heteroatoms. The highest BCUT2D eigenvalue weighted by Crippen LogP contribution is 2.28. The van der Waals surface area contributed by atoms with Crippen LogP contribution in [0.25, 0.3) is 0 Å². The van der Waals surface area contributed by atoms with E-state index < -0.39 is 11.9 Å². The number of carbonyl (C=O) groups is 1. The van der Waals surface area contributed by atoms with E-state index in [2.05, 4.69) is 15.3 Å². The average molecular weight is 325 g/mol. The molecule has 2 rings (SSSR count). The highest BCUT2D eigenvalue weighted by atomic mass is 35.5. The highest BCUT2D eigenvalue weighted by molar-refractivity contribution is 6.33. The number of ether oxygens (including phenoxy) is 1. The number of nitrogens with one attached hydrogen (secondary N) is 2. The first kappa shape index (κ1) is 16.1. The topological polar surface area (TPSA) is 113 Å². The predicted octanol–water partition coefficient (Wildman–Crippen LogP) is 0.987. The molecule has 0 spiro atoms. The van der Waals surface area contributed by atoms with Crippen molar-refractivity contribution in [3.63, 3.8) is 0 Å². The number of nitrogens with zero attached hydrogens (tertiary/aromatic N) is 1.